The van der Waals surface area contributed by atoms with Crippen LogP contribution in [0.3, 0.4) is 0 Å². The van der Waals surface area contributed by atoms with Crippen molar-refractivity contribution in [3.8, 4) is 17.1 Å². The van der Waals surface area contributed by atoms with Gasteiger partial charge in [-0.25, -0.2) is 0 Å². The third-order valence-corrected chi connectivity index (χ3v) is 4.75. The highest BCUT2D eigenvalue weighted by Gasteiger charge is 2.17. The quantitative estimate of drug-likeness (QED) is 0.687. The number of halogens is 2. The van der Waals surface area contributed by atoms with Crippen molar-refractivity contribution in [2.45, 2.75) is 5.16 Å². The van der Waals surface area contributed by atoms with Gasteiger partial charge < -0.3 is 5.73 Å². The molecule has 3 aromatic rings. The Morgan fingerprint density at radius 2 is 2.04 bits per heavy atom. The van der Waals surface area contributed by atoms with Gasteiger partial charge in [-0.1, -0.05) is 35.0 Å². The van der Waals surface area contributed by atoms with Crippen molar-refractivity contribution in [2.24, 2.45) is 5.73 Å². The Labute approximate surface area is 152 Å². The second-order valence-electron chi connectivity index (χ2n) is 4.74. The lowest BCUT2D eigenvalue weighted by Crippen LogP contribution is -2.13. The second-order valence-corrected chi connectivity index (χ2v) is 6.49. The van der Waals surface area contributed by atoms with Gasteiger partial charge in [0.1, 0.15) is 0 Å². The molecule has 0 unspecified atom stereocenters. The van der Waals surface area contributed by atoms with Gasteiger partial charge in [0.2, 0.25) is 5.91 Å². The molecule has 0 radical (unpaired) electrons. The summed E-state index contributed by atoms with van der Waals surface area (Å²) in [6, 6.07) is 8.87. The Morgan fingerprint density at radius 1 is 1.21 bits per heavy atom. The van der Waals surface area contributed by atoms with Crippen molar-refractivity contribution in [1.82, 2.24) is 19.7 Å². The summed E-state index contributed by atoms with van der Waals surface area (Å²) < 4.78 is 1.78. The normalized spacial score (nSPS) is 10.8. The molecule has 3 rings (SSSR count). The molecule has 0 fully saturated rings. The van der Waals surface area contributed by atoms with Gasteiger partial charge in [-0.3, -0.25) is 14.3 Å². The van der Waals surface area contributed by atoms with E-state index in [1.165, 1.54) is 11.8 Å². The summed E-state index contributed by atoms with van der Waals surface area (Å²) >= 11 is 13.3. The summed E-state index contributed by atoms with van der Waals surface area (Å²) in [6.45, 7) is 0. The number of amides is 1. The Balaban J connectivity index is 2.13. The summed E-state index contributed by atoms with van der Waals surface area (Å²) in [4.78, 5) is 15.2. The number of thioether (sulfide) groups is 1. The summed E-state index contributed by atoms with van der Waals surface area (Å²) in [5, 5.41) is 9.75. The van der Waals surface area contributed by atoms with Crippen molar-refractivity contribution in [3.05, 3.63) is 52.8 Å². The Kier molecular flexibility index (Phi) is 5.03. The molecule has 122 valence electrons. The average Bonchev–Trinajstić information content (AvgIpc) is 3.00. The number of nitrogens with zero attached hydrogens (tertiary/aromatic N) is 4. The van der Waals surface area contributed by atoms with Gasteiger partial charge in [0, 0.05) is 18.0 Å². The van der Waals surface area contributed by atoms with Crippen molar-refractivity contribution < 1.29 is 4.79 Å². The number of pyridine rings is 1. The molecule has 0 aliphatic rings. The highest BCUT2D eigenvalue weighted by atomic mass is 35.5. The molecule has 9 heteroatoms. The van der Waals surface area contributed by atoms with Crippen LogP contribution < -0.4 is 5.73 Å². The topological polar surface area (TPSA) is 86.7 Å². The highest BCUT2D eigenvalue weighted by molar-refractivity contribution is 7.99. The van der Waals surface area contributed by atoms with Crippen LogP contribution in [-0.4, -0.2) is 31.4 Å². The molecule has 6 nitrogen and oxygen atoms in total. The van der Waals surface area contributed by atoms with Crippen molar-refractivity contribution >= 4 is 40.9 Å². The lowest BCUT2D eigenvalue weighted by Gasteiger charge is -2.10. The van der Waals surface area contributed by atoms with E-state index >= 15 is 0 Å². The van der Waals surface area contributed by atoms with Crippen LogP contribution >= 0.6 is 35.0 Å². The van der Waals surface area contributed by atoms with E-state index < -0.39 is 5.91 Å². The monoisotopic (exact) mass is 379 g/mol. The van der Waals surface area contributed by atoms with Crippen LogP contribution in [0.5, 0.6) is 0 Å². The zero-order valence-corrected chi connectivity index (χ0v) is 14.5. The molecule has 2 heterocycles. The van der Waals surface area contributed by atoms with Crippen LogP contribution in [0.4, 0.5) is 0 Å². The first kappa shape index (κ1) is 16.8. The zero-order chi connectivity index (χ0) is 17.1. The molecular formula is C15H11Cl2N5OS. The molecular weight excluding hydrogens is 369 g/mol. The molecule has 0 aliphatic carbocycles. The summed E-state index contributed by atoms with van der Waals surface area (Å²) in [5.41, 5.74) is 6.73. The van der Waals surface area contributed by atoms with Crippen LogP contribution in [-0.2, 0) is 4.79 Å². The fourth-order valence-electron chi connectivity index (χ4n) is 2.04. The molecule has 1 amide bonds. The van der Waals surface area contributed by atoms with Crippen molar-refractivity contribution in [3.63, 3.8) is 0 Å². The van der Waals surface area contributed by atoms with E-state index in [9.17, 15) is 4.79 Å². The standard InChI is InChI=1S/C15H11Cl2N5OS/c16-11-4-3-10(6-12(11)17)22-14(9-2-1-5-19-7-9)20-21-15(22)24-8-13(18)23/h1-7H,8H2,(H2,18,23). The fourth-order valence-corrected chi connectivity index (χ4v) is 3.02. The number of aromatic nitrogens is 4. The predicted octanol–water partition coefficient (Wildman–Crippen LogP) is 3.21. The third-order valence-electron chi connectivity index (χ3n) is 3.06. The SMILES string of the molecule is NC(=O)CSc1nnc(-c2cccnc2)n1-c1ccc(Cl)c(Cl)c1. The van der Waals surface area contributed by atoms with Crippen LogP contribution in [0.15, 0.2) is 47.9 Å². The smallest absolute Gasteiger partial charge is 0.227 e. The number of rotatable bonds is 5. The number of benzene rings is 1. The number of hydrogen-bond acceptors (Lipinski definition) is 5. The maximum Gasteiger partial charge on any atom is 0.227 e. The first-order valence-electron chi connectivity index (χ1n) is 6.78. The first-order chi connectivity index (χ1) is 11.6. The van der Waals surface area contributed by atoms with Crippen LogP contribution in [0, 0.1) is 0 Å². The summed E-state index contributed by atoms with van der Waals surface area (Å²) in [6.07, 6.45) is 3.35. The number of carbonyl (C=O) groups is 1. The van der Waals surface area contributed by atoms with Crippen LogP contribution in [0.25, 0.3) is 17.1 Å². The lowest BCUT2D eigenvalue weighted by molar-refractivity contribution is -0.115. The molecule has 2 aromatic heterocycles. The first-order valence-corrected chi connectivity index (χ1v) is 8.53. The number of nitrogens with two attached hydrogens (primary N) is 1. The lowest BCUT2D eigenvalue weighted by atomic mass is 10.2. The number of carbonyl (C=O) groups excluding carboxylic acids is 1. The Morgan fingerprint density at radius 3 is 2.71 bits per heavy atom. The molecule has 0 saturated carbocycles. The number of primary amides is 1. The van der Waals surface area contributed by atoms with Crippen molar-refractivity contribution in [2.75, 3.05) is 5.75 Å². The summed E-state index contributed by atoms with van der Waals surface area (Å²) in [5.74, 6) is 0.229. The van der Waals surface area contributed by atoms with Gasteiger partial charge in [-0.15, -0.1) is 10.2 Å². The minimum atomic E-state index is -0.438. The van der Waals surface area contributed by atoms with Crippen LogP contribution in [0.1, 0.15) is 0 Å². The summed E-state index contributed by atoms with van der Waals surface area (Å²) in [7, 11) is 0. The third kappa shape index (κ3) is 3.53. The van der Waals surface area contributed by atoms with E-state index in [4.69, 9.17) is 28.9 Å². The minimum absolute atomic E-state index is 0.0898. The van der Waals surface area contributed by atoms with E-state index in [0.29, 0.717) is 21.0 Å². The van der Waals surface area contributed by atoms with E-state index in [0.717, 1.165) is 11.3 Å². The molecule has 1 aromatic carbocycles. The van der Waals surface area contributed by atoms with E-state index in [1.54, 1.807) is 41.2 Å². The minimum Gasteiger partial charge on any atom is -0.369 e. The highest BCUT2D eigenvalue weighted by Crippen LogP contribution is 2.31. The fraction of sp³-hybridized carbons (Fsp3) is 0.0667. The molecule has 0 spiro atoms. The second kappa shape index (κ2) is 7.21. The maximum atomic E-state index is 11.1. The Hall–Kier alpha value is -2.09. The van der Waals surface area contributed by atoms with Gasteiger partial charge >= 0.3 is 0 Å². The number of hydrogen-bond donors (Lipinski definition) is 1. The van der Waals surface area contributed by atoms with E-state index in [1.807, 2.05) is 6.07 Å². The van der Waals surface area contributed by atoms with Gasteiger partial charge in [0.15, 0.2) is 11.0 Å². The molecule has 2 N–H and O–H groups in total. The van der Waals surface area contributed by atoms with Gasteiger partial charge in [-0.2, -0.15) is 0 Å². The van der Waals surface area contributed by atoms with Crippen LogP contribution in [0.2, 0.25) is 10.0 Å². The maximum absolute atomic E-state index is 11.1. The molecule has 0 saturated heterocycles. The van der Waals surface area contributed by atoms with Crippen molar-refractivity contribution in [1.29, 1.82) is 0 Å². The largest absolute Gasteiger partial charge is 0.369 e. The van der Waals surface area contributed by atoms with Gasteiger partial charge in [0.05, 0.1) is 21.5 Å². The van der Waals surface area contributed by atoms with E-state index in [-0.39, 0.29) is 5.75 Å². The molecule has 0 atom stereocenters. The Bertz CT molecular complexity index is 885. The molecule has 24 heavy (non-hydrogen) atoms. The zero-order valence-electron chi connectivity index (χ0n) is 12.2. The molecule has 0 bridgehead atoms. The van der Waals surface area contributed by atoms with E-state index in [2.05, 4.69) is 15.2 Å². The predicted molar refractivity (Wildman–Crippen MR) is 94.5 cm³/mol. The van der Waals surface area contributed by atoms with Gasteiger partial charge in [-0.05, 0) is 30.3 Å². The molecule has 0 aliphatic heterocycles. The average molecular weight is 380 g/mol. The van der Waals surface area contributed by atoms with Gasteiger partial charge in [0.25, 0.3) is 0 Å².